The lowest BCUT2D eigenvalue weighted by atomic mass is 10.3. The molecule has 0 spiro atoms. The molecule has 1 aromatic carbocycles. The summed E-state index contributed by atoms with van der Waals surface area (Å²) >= 11 is 0. The third-order valence-electron chi connectivity index (χ3n) is 3.32. The van der Waals surface area contributed by atoms with Crippen LogP contribution in [0.1, 0.15) is 32.1 Å². The standard InChI is InChI=1S/C14H19NO5S/c16-14(17)9-10-21(18,19)15-11-5-7-13(8-6-11)20-12-3-1-2-4-12/h5-8,12,15H,1-4,9-10H2,(H,16,17). The Hall–Kier alpha value is -1.76. The SMILES string of the molecule is O=C(O)CCS(=O)(=O)Nc1ccc(OC2CCCC2)cc1. The second-order valence-corrected chi connectivity index (χ2v) is 6.96. The second-order valence-electron chi connectivity index (χ2n) is 5.11. The number of ether oxygens (including phenoxy) is 1. The average molecular weight is 313 g/mol. The number of hydrogen-bond donors (Lipinski definition) is 2. The Morgan fingerprint density at radius 3 is 2.43 bits per heavy atom. The number of carbonyl (C=O) groups is 1. The summed E-state index contributed by atoms with van der Waals surface area (Å²) in [5, 5.41) is 8.51. The van der Waals surface area contributed by atoms with Crippen LogP contribution in [-0.4, -0.2) is 31.4 Å². The largest absolute Gasteiger partial charge is 0.490 e. The van der Waals surface area contributed by atoms with Crippen molar-refractivity contribution < 1.29 is 23.1 Å². The molecule has 1 saturated carbocycles. The van der Waals surface area contributed by atoms with Crippen LogP contribution in [0.2, 0.25) is 0 Å². The van der Waals surface area contributed by atoms with E-state index < -0.39 is 28.2 Å². The maximum Gasteiger partial charge on any atom is 0.304 e. The van der Waals surface area contributed by atoms with Gasteiger partial charge in [-0.2, -0.15) is 0 Å². The molecule has 0 aliphatic heterocycles. The summed E-state index contributed by atoms with van der Waals surface area (Å²) in [6.45, 7) is 0. The van der Waals surface area contributed by atoms with Crippen molar-refractivity contribution in [3.05, 3.63) is 24.3 Å². The van der Waals surface area contributed by atoms with E-state index >= 15 is 0 Å². The van der Waals surface area contributed by atoms with E-state index in [1.165, 1.54) is 12.8 Å². The Labute approximate surface area is 124 Å². The molecule has 1 aliphatic carbocycles. The number of rotatable bonds is 7. The smallest absolute Gasteiger partial charge is 0.304 e. The number of nitrogens with one attached hydrogen (secondary N) is 1. The van der Waals surface area contributed by atoms with Crippen molar-refractivity contribution in [2.75, 3.05) is 10.5 Å². The van der Waals surface area contributed by atoms with E-state index in [0.717, 1.165) is 18.6 Å². The molecule has 0 saturated heterocycles. The Morgan fingerprint density at radius 1 is 1.24 bits per heavy atom. The van der Waals surface area contributed by atoms with Gasteiger partial charge in [0, 0.05) is 5.69 Å². The molecule has 21 heavy (non-hydrogen) atoms. The van der Waals surface area contributed by atoms with Gasteiger partial charge < -0.3 is 9.84 Å². The average Bonchev–Trinajstić information content (AvgIpc) is 2.92. The second kappa shape index (κ2) is 6.80. The maximum atomic E-state index is 11.7. The van der Waals surface area contributed by atoms with E-state index in [4.69, 9.17) is 9.84 Å². The number of hydrogen-bond acceptors (Lipinski definition) is 4. The molecule has 0 atom stereocenters. The minimum absolute atomic E-state index is 0.253. The Balaban J connectivity index is 1.90. The number of benzene rings is 1. The van der Waals surface area contributed by atoms with Crippen LogP contribution in [0, 0.1) is 0 Å². The monoisotopic (exact) mass is 313 g/mol. The van der Waals surface area contributed by atoms with Crippen molar-refractivity contribution >= 4 is 21.7 Å². The molecule has 1 aromatic rings. The molecule has 1 aliphatic rings. The Kier molecular flexibility index (Phi) is 5.06. The summed E-state index contributed by atoms with van der Waals surface area (Å²) in [5.41, 5.74) is 0.402. The van der Waals surface area contributed by atoms with Crippen LogP contribution in [0.5, 0.6) is 5.75 Å². The first-order valence-electron chi connectivity index (χ1n) is 6.94. The van der Waals surface area contributed by atoms with Crippen LogP contribution in [0.4, 0.5) is 5.69 Å². The molecule has 7 heteroatoms. The number of aliphatic carboxylic acids is 1. The first kappa shape index (κ1) is 15.6. The third kappa shape index (κ3) is 5.26. The number of sulfonamides is 1. The molecule has 0 aromatic heterocycles. The topological polar surface area (TPSA) is 92.7 Å². The molecule has 0 bridgehead atoms. The van der Waals surface area contributed by atoms with Gasteiger partial charge in [0.2, 0.25) is 10.0 Å². The Bertz CT molecular complexity index is 576. The van der Waals surface area contributed by atoms with Crippen LogP contribution >= 0.6 is 0 Å². The fourth-order valence-corrected chi connectivity index (χ4v) is 3.29. The summed E-state index contributed by atoms with van der Waals surface area (Å²) in [7, 11) is -3.64. The normalized spacial score (nSPS) is 15.8. The van der Waals surface area contributed by atoms with Crippen molar-refractivity contribution in [2.24, 2.45) is 0 Å². The first-order valence-corrected chi connectivity index (χ1v) is 8.59. The molecule has 0 amide bonds. The first-order chi connectivity index (χ1) is 9.94. The molecular weight excluding hydrogens is 294 g/mol. The zero-order chi connectivity index (χ0) is 15.3. The molecule has 0 radical (unpaired) electrons. The molecule has 1 fully saturated rings. The van der Waals surface area contributed by atoms with E-state index in [1.807, 2.05) is 0 Å². The van der Waals surface area contributed by atoms with Gasteiger partial charge in [-0.05, 0) is 49.9 Å². The van der Waals surface area contributed by atoms with Gasteiger partial charge in [0.15, 0.2) is 0 Å². The lowest BCUT2D eigenvalue weighted by Gasteiger charge is -2.13. The predicted octanol–water partition coefficient (Wildman–Crippen LogP) is 2.22. The number of carboxylic acids is 1. The van der Waals surface area contributed by atoms with Crippen LogP contribution < -0.4 is 9.46 Å². The van der Waals surface area contributed by atoms with Gasteiger partial charge in [-0.25, -0.2) is 8.42 Å². The highest BCUT2D eigenvalue weighted by atomic mass is 32.2. The van der Waals surface area contributed by atoms with E-state index in [0.29, 0.717) is 5.69 Å². The summed E-state index contributed by atoms with van der Waals surface area (Å²) < 4.78 is 31.5. The van der Waals surface area contributed by atoms with Crippen molar-refractivity contribution in [2.45, 2.75) is 38.2 Å². The van der Waals surface area contributed by atoms with Crippen LogP contribution in [0.15, 0.2) is 24.3 Å². The van der Waals surface area contributed by atoms with Gasteiger partial charge in [-0.1, -0.05) is 0 Å². The summed E-state index contributed by atoms with van der Waals surface area (Å²) in [5.74, 6) is -0.862. The third-order valence-corrected chi connectivity index (χ3v) is 4.61. The summed E-state index contributed by atoms with van der Waals surface area (Å²) in [6.07, 6.45) is 4.33. The van der Waals surface area contributed by atoms with Crippen molar-refractivity contribution in [1.29, 1.82) is 0 Å². The fourth-order valence-electron chi connectivity index (χ4n) is 2.25. The number of carboxylic acid groups (broad SMARTS) is 1. The Morgan fingerprint density at radius 2 is 1.86 bits per heavy atom. The zero-order valence-electron chi connectivity index (χ0n) is 11.6. The van der Waals surface area contributed by atoms with Crippen molar-refractivity contribution in [3.63, 3.8) is 0 Å². The molecule has 6 nitrogen and oxygen atoms in total. The summed E-state index contributed by atoms with van der Waals surface area (Å²) in [4.78, 5) is 10.4. The lowest BCUT2D eigenvalue weighted by molar-refractivity contribution is -0.136. The molecule has 0 heterocycles. The van der Waals surface area contributed by atoms with E-state index in [1.54, 1.807) is 24.3 Å². The van der Waals surface area contributed by atoms with Gasteiger partial charge in [0.25, 0.3) is 0 Å². The highest BCUT2D eigenvalue weighted by Gasteiger charge is 2.17. The molecule has 2 rings (SSSR count). The molecular formula is C14H19NO5S. The maximum absolute atomic E-state index is 11.7. The van der Waals surface area contributed by atoms with E-state index in [2.05, 4.69) is 4.72 Å². The van der Waals surface area contributed by atoms with Crippen molar-refractivity contribution in [3.8, 4) is 5.75 Å². The van der Waals surface area contributed by atoms with Gasteiger partial charge >= 0.3 is 5.97 Å². The molecule has 116 valence electrons. The van der Waals surface area contributed by atoms with Gasteiger partial charge in [-0.3, -0.25) is 9.52 Å². The minimum Gasteiger partial charge on any atom is -0.490 e. The van der Waals surface area contributed by atoms with Crippen LogP contribution in [-0.2, 0) is 14.8 Å². The number of anilines is 1. The zero-order valence-corrected chi connectivity index (χ0v) is 12.4. The molecule has 0 unspecified atom stereocenters. The molecule has 2 N–H and O–H groups in total. The van der Waals surface area contributed by atoms with E-state index in [-0.39, 0.29) is 6.10 Å². The minimum atomic E-state index is -3.64. The highest BCUT2D eigenvalue weighted by Crippen LogP contribution is 2.25. The van der Waals surface area contributed by atoms with Crippen LogP contribution in [0.3, 0.4) is 0 Å². The van der Waals surface area contributed by atoms with Gasteiger partial charge in [0.05, 0.1) is 18.3 Å². The van der Waals surface area contributed by atoms with Gasteiger partial charge in [0.1, 0.15) is 5.75 Å². The summed E-state index contributed by atoms with van der Waals surface area (Å²) in [6, 6.07) is 6.66. The highest BCUT2D eigenvalue weighted by molar-refractivity contribution is 7.92. The predicted molar refractivity (Wildman–Crippen MR) is 79.0 cm³/mol. The quantitative estimate of drug-likeness (QED) is 0.805. The lowest BCUT2D eigenvalue weighted by Crippen LogP contribution is -2.18. The van der Waals surface area contributed by atoms with Crippen molar-refractivity contribution in [1.82, 2.24) is 0 Å². The van der Waals surface area contributed by atoms with Crippen LogP contribution in [0.25, 0.3) is 0 Å². The fraction of sp³-hybridized carbons (Fsp3) is 0.500. The van der Waals surface area contributed by atoms with E-state index in [9.17, 15) is 13.2 Å². The van der Waals surface area contributed by atoms with Gasteiger partial charge in [-0.15, -0.1) is 0 Å².